The third-order valence-electron chi connectivity index (χ3n) is 3.75. The van der Waals surface area contributed by atoms with Gasteiger partial charge in [-0.1, -0.05) is 37.5 Å². The van der Waals surface area contributed by atoms with E-state index < -0.39 is 0 Å². The lowest BCUT2D eigenvalue weighted by atomic mass is 10.0. The Kier molecular flexibility index (Phi) is 3.60. The summed E-state index contributed by atoms with van der Waals surface area (Å²) in [6, 6.07) is 7.80. The first-order valence-corrected chi connectivity index (χ1v) is 7.76. The van der Waals surface area contributed by atoms with Crippen LogP contribution in [0.5, 0.6) is 0 Å². The number of hydrogen-bond acceptors (Lipinski definition) is 3. The molecule has 100 valence electrons. The van der Waals surface area contributed by atoms with Gasteiger partial charge in [-0.3, -0.25) is 4.79 Å². The maximum atomic E-state index is 12.1. The molecule has 0 amide bonds. The highest BCUT2D eigenvalue weighted by atomic mass is 32.2. The first kappa shape index (κ1) is 12.7. The van der Waals surface area contributed by atoms with Gasteiger partial charge in [-0.25, -0.2) is 4.68 Å². The molecule has 0 saturated heterocycles. The lowest BCUT2D eigenvalue weighted by Gasteiger charge is -2.21. The SMILES string of the molecule is Cn1nc(SC2CCCCC2)c2ccccc2c1=O. The van der Waals surface area contributed by atoms with E-state index in [1.165, 1.54) is 36.8 Å². The summed E-state index contributed by atoms with van der Waals surface area (Å²) in [7, 11) is 1.74. The lowest BCUT2D eigenvalue weighted by Crippen LogP contribution is -2.21. The van der Waals surface area contributed by atoms with Gasteiger partial charge in [0.2, 0.25) is 0 Å². The van der Waals surface area contributed by atoms with Crippen molar-refractivity contribution in [2.45, 2.75) is 42.4 Å². The predicted octanol–water partition coefficient (Wildman–Crippen LogP) is 3.36. The summed E-state index contributed by atoms with van der Waals surface area (Å²) in [6.45, 7) is 0. The molecule has 0 aliphatic heterocycles. The zero-order valence-electron chi connectivity index (χ0n) is 11.1. The number of rotatable bonds is 2. The third-order valence-corrected chi connectivity index (χ3v) is 5.08. The van der Waals surface area contributed by atoms with Crippen molar-refractivity contribution in [3.63, 3.8) is 0 Å². The zero-order chi connectivity index (χ0) is 13.2. The molecule has 19 heavy (non-hydrogen) atoms. The topological polar surface area (TPSA) is 34.9 Å². The number of hydrogen-bond donors (Lipinski definition) is 0. The van der Waals surface area contributed by atoms with E-state index in [4.69, 9.17) is 0 Å². The van der Waals surface area contributed by atoms with Crippen molar-refractivity contribution in [2.24, 2.45) is 7.05 Å². The van der Waals surface area contributed by atoms with Crippen LogP contribution in [0.1, 0.15) is 32.1 Å². The van der Waals surface area contributed by atoms with Crippen LogP contribution in [0.4, 0.5) is 0 Å². The van der Waals surface area contributed by atoms with E-state index in [0.717, 1.165) is 15.8 Å². The molecule has 4 heteroatoms. The van der Waals surface area contributed by atoms with Crippen LogP contribution in [0.2, 0.25) is 0 Å². The third kappa shape index (κ3) is 2.54. The van der Waals surface area contributed by atoms with Gasteiger partial charge in [-0.15, -0.1) is 11.8 Å². The maximum absolute atomic E-state index is 12.1. The molecule has 0 unspecified atom stereocenters. The molecular weight excluding hydrogens is 256 g/mol. The van der Waals surface area contributed by atoms with Gasteiger partial charge in [0, 0.05) is 17.7 Å². The lowest BCUT2D eigenvalue weighted by molar-refractivity contribution is 0.515. The highest BCUT2D eigenvalue weighted by molar-refractivity contribution is 8.00. The van der Waals surface area contributed by atoms with Crippen molar-refractivity contribution in [3.05, 3.63) is 34.6 Å². The number of aryl methyl sites for hydroxylation is 1. The van der Waals surface area contributed by atoms with Gasteiger partial charge in [0.05, 0.1) is 5.39 Å². The summed E-state index contributed by atoms with van der Waals surface area (Å²) >= 11 is 1.85. The van der Waals surface area contributed by atoms with Crippen LogP contribution in [0.3, 0.4) is 0 Å². The molecule has 3 nitrogen and oxygen atoms in total. The molecule has 1 aromatic carbocycles. The molecule has 1 fully saturated rings. The maximum Gasteiger partial charge on any atom is 0.274 e. The molecule has 0 N–H and O–H groups in total. The molecule has 0 atom stereocenters. The second-order valence-electron chi connectivity index (χ2n) is 5.16. The average molecular weight is 274 g/mol. The number of nitrogens with zero attached hydrogens (tertiary/aromatic N) is 2. The Morgan fingerprint density at radius 2 is 1.84 bits per heavy atom. The van der Waals surface area contributed by atoms with Gasteiger partial charge in [0.1, 0.15) is 5.03 Å². The van der Waals surface area contributed by atoms with Crippen molar-refractivity contribution in [2.75, 3.05) is 0 Å². The van der Waals surface area contributed by atoms with Crippen LogP contribution >= 0.6 is 11.8 Å². The fourth-order valence-corrected chi connectivity index (χ4v) is 4.05. The summed E-state index contributed by atoms with van der Waals surface area (Å²) in [5, 5.41) is 7.90. The minimum absolute atomic E-state index is 0.0106. The molecule has 1 heterocycles. The quantitative estimate of drug-likeness (QED) is 0.842. The summed E-state index contributed by atoms with van der Waals surface area (Å²) in [5.74, 6) is 0. The van der Waals surface area contributed by atoms with Crippen molar-refractivity contribution < 1.29 is 0 Å². The first-order valence-electron chi connectivity index (χ1n) is 6.88. The van der Waals surface area contributed by atoms with Gasteiger partial charge >= 0.3 is 0 Å². The average Bonchev–Trinajstić information content (AvgIpc) is 2.46. The van der Waals surface area contributed by atoms with Crippen LogP contribution in [-0.2, 0) is 7.05 Å². The number of aromatic nitrogens is 2. The Morgan fingerprint density at radius 1 is 1.16 bits per heavy atom. The Balaban J connectivity index is 2.02. The zero-order valence-corrected chi connectivity index (χ0v) is 11.9. The van der Waals surface area contributed by atoms with Crippen LogP contribution in [0.25, 0.3) is 10.8 Å². The van der Waals surface area contributed by atoms with E-state index >= 15 is 0 Å². The second-order valence-corrected chi connectivity index (χ2v) is 6.45. The van der Waals surface area contributed by atoms with E-state index in [9.17, 15) is 4.79 Å². The van der Waals surface area contributed by atoms with E-state index in [-0.39, 0.29) is 5.56 Å². The number of thioether (sulfide) groups is 1. The van der Waals surface area contributed by atoms with Crippen molar-refractivity contribution in [1.82, 2.24) is 9.78 Å². The normalized spacial score (nSPS) is 16.9. The summed E-state index contributed by atoms with van der Waals surface area (Å²) in [6.07, 6.45) is 6.54. The summed E-state index contributed by atoms with van der Waals surface area (Å²) < 4.78 is 1.47. The van der Waals surface area contributed by atoms with E-state index in [2.05, 4.69) is 5.10 Å². The molecule has 2 aromatic rings. The van der Waals surface area contributed by atoms with Gasteiger partial charge in [0.15, 0.2) is 0 Å². The summed E-state index contributed by atoms with van der Waals surface area (Å²) in [5.41, 5.74) is -0.0106. The molecule has 1 aliphatic rings. The standard InChI is InChI=1S/C15H18N2OS/c1-17-15(18)13-10-6-5-9-12(13)14(16-17)19-11-7-3-2-4-8-11/h5-6,9-11H,2-4,7-8H2,1H3. The highest BCUT2D eigenvalue weighted by Crippen LogP contribution is 2.34. The Hall–Kier alpha value is -1.29. The Bertz CT molecular complexity index is 644. The minimum atomic E-state index is -0.0106. The first-order chi connectivity index (χ1) is 9.25. The fraction of sp³-hybridized carbons (Fsp3) is 0.467. The van der Waals surface area contributed by atoms with Crippen molar-refractivity contribution >= 4 is 22.5 Å². The van der Waals surface area contributed by atoms with Gasteiger partial charge < -0.3 is 0 Å². The van der Waals surface area contributed by atoms with E-state index in [1.54, 1.807) is 7.05 Å². The van der Waals surface area contributed by atoms with E-state index in [0.29, 0.717) is 5.25 Å². The predicted molar refractivity (Wildman–Crippen MR) is 79.7 cm³/mol. The Morgan fingerprint density at radius 3 is 2.58 bits per heavy atom. The van der Waals surface area contributed by atoms with Gasteiger partial charge in [-0.05, 0) is 18.9 Å². The van der Waals surface area contributed by atoms with Crippen LogP contribution < -0.4 is 5.56 Å². The van der Waals surface area contributed by atoms with Crippen LogP contribution in [0.15, 0.2) is 34.1 Å². The summed E-state index contributed by atoms with van der Waals surface area (Å²) in [4.78, 5) is 12.1. The smallest absolute Gasteiger partial charge is 0.267 e. The molecular formula is C15H18N2OS. The van der Waals surface area contributed by atoms with Crippen LogP contribution in [0, 0.1) is 0 Å². The van der Waals surface area contributed by atoms with E-state index in [1.807, 2.05) is 36.0 Å². The molecule has 0 bridgehead atoms. The van der Waals surface area contributed by atoms with Gasteiger partial charge in [-0.2, -0.15) is 5.10 Å². The number of benzene rings is 1. The molecule has 1 saturated carbocycles. The fourth-order valence-electron chi connectivity index (χ4n) is 2.69. The number of fused-ring (bicyclic) bond motifs is 1. The van der Waals surface area contributed by atoms with Crippen molar-refractivity contribution in [3.8, 4) is 0 Å². The molecule has 1 aliphatic carbocycles. The molecule has 0 radical (unpaired) electrons. The molecule has 3 rings (SSSR count). The molecule has 0 spiro atoms. The monoisotopic (exact) mass is 274 g/mol. The molecule has 1 aromatic heterocycles. The van der Waals surface area contributed by atoms with Crippen LogP contribution in [-0.4, -0.2) is 15.0 Å². The Labute approximate surface area is 117 Å². The second kappa shape index (κ2) is 5.37. The van der Waals surface area contributed by atoms with Crippen molar-refractivity contribution in [1.29, 1.82) is 0 Å². The highest BCUT2D eigenvalue weighted by Gasteiger charge is 2.17. The largest absolute Gasteiger partial charge is 0.274 e. The van der Waals surface area contributed by atoms with Gasteiger partial charge in [0.25, 0.3) is 5.56 Å². The minimum Gasteiger partial charge on any atom is -0.267 e.